The zero-order valence-electron chi connectivity index (χ0n) is 15.9. The second-order valence-corrected chi connectivity index (χ2v) is 8.64. The smallest absolute Gasteiger partial charge is 0.255 e. The lowest BCUT2D eigenvalue weighted by atomic mass is 9.77. The van der Waals surface area contributed by atoms with E-state index in [0.29, 0.717) is 31.0 Å². The SMILES string of the molecule is O=C1CCC(N2Cc3cccc(CNC4CCCC45CNC5)c3C2=O)C(=O)N1. The van der Waals surface area contributed by atoms with Crippen LogP contribution in [0.4, 0.5) is 0 Å². The summed E-state index contributed by atoms with van der Waals surface area (Å²) in [5, 5.41) is 9.49. The Morgan fingerprint density at radius 3 is 2.79 bits per heavy atom. The highest BCUT2D eigenvalue weighted by Gasteiger charge is 2.47. The lowest BCUT2D eigenvalue weighted by molar-refractivity contribution is -0.136. The van der Waals surface area contributed by atoms with Gasteiger partial charge in [-0.1, -0.05) is 24.6 Å². The summed E-state index contributed by atoms with van der Waals surface area (Å²) in [4.78, 5) is 38.5. The Morgan fingerprint density at radius 2 is 2.04 bits per heavy atom. The average molecular weight is 382 g/mol. The summed E-state index contributed by atoms with van der Waals surface area (Å²) in [5.41, 5.74) is 3.10. The van der Waals surface area contributed by atoms with Crippen LogP contribution in [0.1, 0.15) is 53.6 Å². The van der Waals surface area contributed by atoms with Crippen molar-refractivity contribution in [1.82, 2.24) is 20.9 Å². The fourth-order valence-corrected chi connectivity index (χ4v) is 5.40. The van der Waals surface area contributed by atoms with Gasteiger partial charge in [0.1, 0.15) is 6.04 Å². The van der Waals surface area contributed by atoms with E-state index in [2.05, 4.69) is 16.0 Å². The van der Waals surface area contributed by atoms with E-state index in [1.165, 1.54) is 19.3 Å². The highest BCUT2D eigenvalue weighted by atomic mass is 16.2. The molecule has 3 aliphatic heterocycles. The summed E-state index contributed by atoms with van der Waals surface area (Å²) in [6, 6.07) is 5.91. The van der Waals surface area contributed by atoms with Crippen molar-refractivity contribution in [2.24, 2.45) is 5.41 Å². The minimum absolute atomic E-state index is 0.0895. The predicted molar refractivity (Wildman–Crippen MR) is 102 cm³/mol. The third-order valence-electron chi connectivity index (χ3n) is 7.04. The van der Waals surface area contributed by atoms with Gasteiger partial charge >= 0.3 is 0 Å². The van der Waals surface area contributed by atoms with Crippen molar-refractivity contribution < 1.29 is 14.4 Å². The first-order chi connectivity index (χ1) is 13.6. The Balaban J connectivity index is 1.33. The van der Waals surface area contributed by atoms with Crippen molar-refractivity contribution in [2.75, 3.05) is 13.1 Å². The van der Waals surface area contributed by atoms with Gasteiger partial charge in [-0.05, 0) is 30.4 Å². The molecule has 1 aliphatic carbocycles. The predicted octanol–water partition coefficient (Wildman–Crippen LogP) is 0.679. The van der Waals surface area contributed by atoms with Crippen LogP contribution in [0.15, 0.2) is 18.2 Å². The number of rotatable bonds is 4. The van der Waals surface area contributed by atoms with Crippen LogP contribution in [-0.2, 0) is 22.7 Å². The van der Waals surface area contributed by atoms with Gasteiger partial charge in [-0.2, -0.15) is 0 Å². The van der Waals surface area contributed by atoms with E-state index >= 15 is 0 Å². The minimum Gasteiger partial charge on any atom is -0.322 e. The largest absolute Gasteiger partial charge is 0.322 e. The molecule has 1 saturated carbocycles. The molecular formula is C21H26N4O3. The molecule has 0 radical (unpaired) electrons. The van der Waals surface area contributed by atoms with Crippen LogP contribution >= 0.6 is 0 Å². The number of nitrogens with one attached hydrogen (secondary N) is 3. The molecule has 3 N–H and O–H groups in total. The van der Waals surface area contributed by atoms with Gasteiger partial charge in [0.25, 0.3) is 5.91 Å². The van der Waals surface area contributed by atoms with E-state index in [1.807, 2.05) is 18.2 Å². The van der Waals surface area contributed by atoms with Crippen LogP contribution in [0.25, 0.3) is 0 Å². The quantitative estimate of drug-likeness (QED) is 0.667. The molecule has 4 aliphatic rings. The van der Waals surface area contributed by atoms with Gasteiger partial charge in [0.2, 0.25) is 11.8 Å². The molecule has 148 valence electrons. The first kappa shape index (κ1) is 17.8. The highest BCUT2D eigenvalue weighted by molar-refractivity contribution is 6.05. The molecule has 1 aromatic carbocycles. The molecule has 28 heavy (non-hydrogen) atoms. The molecule has 5 rings (SSSR count). The number of benzene rings is 1. The maximum absolute atomic E-state index is 13.2. The summed E-state index contributed by atoms with van der Waals surface area (Å²) < 4.78 is 0. The van der Waals surface area contributed by atoms with E-state index in [0.717, 1.165) is 29.8 Å². The molecule has 7 heteroatoms. The monoisotopic (exact) mass is 382 g/mol. The maximum atomic E-state index is 13.2. The number of imide groups is 1. The van der Waals surface area contributed by atoms with Crippen molar-refractivity contribution in [3.63, 3.8) is 0 Å². The minimum atomic E-state index is -0.558. The molecule has 2 unspecified atom stereocenters. The number of nitrogens with zero attached hydrogens (tertiary/aromatic N) is 1. The van der Waals surface area contributed by atoms with Gasteiger partial charge in [0.15, 0.2) is 0 Å². The molecule has 3 heterocycles. The van der Waals surface area contributed by atoms with E-state index in [1.54, 1.807) is 4.90 Å². The number of amides is 3. The lowest BCUT2D eigenvalue weighted by Crippen LogP contribution is -2.60. The Hall–Kier alpha value is -2.25. The Bertz CT molecular complexity index is 848. The molecule has 7 nitrogen and oxygen atoms in total. The molecular weight excluding hydrogens is 356 g/mol. The van der Waals surface area contributed by atoms with Gasteiger partial charge in [-0.25, -0.2) is 0 Å². The van der Waals surface area contributed by atoms with Crippen LogP contribution < -0.4 is 16.0 Å². The van der Waals surface area contributed by atoms with Gasteiger partial charge in [0, 0.05) is 49.6 Å². The molecule has 1 aromatic rings. The molecule has 0 aromatic heterocycles. The summed E-state index contributed by atoms with van der Waals surface area (Å²) in [6.45, 7) is 3.27. The topological polar surface area (TPSA) is 90.5 Å². The van der Waals surface area contributed by atoms with Gasteiger partial charge < -0.3 is 15.5 Å². The van der Waals surface area contributed by atoms with Crippen LogP contribution in [0.2, 0.25) is 0 Å². The summed E-state index contributed by atoms with van der Waals surface area (Å²) >= 11 is 0. The van der Waals surface area contributed by atoms with E-state index in [-0.39, 0.29) is 24.1 Å². The molecule has 3 fully saturated rings. The molecule has 2 saturated heterocycles. The normalized spacial score (nSPS) is 28.4. The van der Waals surface area contributed by atoms with Crippen LogP contribution in [0.5, 0.6) is 0 Å². The Labute approximate surface area is 164 Å². The first-order valence-electron chi connectivity index (χ1n) is 10.3. The standard InChI is InChI=1S/C21H26N4O3/c26-17-7-6-15(19(27)24-17)25-10-14-4-1-3-13(18(14)20(25)28)9-23-16-5-2-8-21(16)11-22-12-21/h1,3-4,15-16,22-23H,2,5-12H2,(H,24,26,27). The van der Waals surface area contributed by atoms with Crippen molar-refractivity contribution in [3.8, 4) is 0 Å². The van der Waals surface area contributed by atoms with Crippen molar-refractivity contribution in [1.29, 1.82) is 0 Å². The van der Waals surface area contributed by atoms with Crippen LogP contribution in [0, 0.1) is 5.41 Å². The van der Waals surface area contributed by atoms with Crippen molar-refractivity contribution >= 4 is 17.7 Å². The first-order valence-corrected chi connectivity index (χ1v) is 10.3. The summed E-state index contributed by atoms with van der Waals surface area (Å²) in [6.07, 6.45) is 4.40. The summed E-state index contributed by atoms with van der Waals surface area (Å²) in [5.74, 6) is -0.706. The van der Waals surface area contributed by atoms with Crippen LogP contribution in [0.3, 0.4) is 0 Å². The number of carbonyl (C=O) groups is 3. The fraction of sp³-hybridized carbons (Fsp3) is 0.571. The van der Waals surface area contributed by atoms with Gasteiger partial charge in [-0.15, -0.1) is 0 Å². The summed E-state index contributed by atoms with van der Waals surface area (Å²) in [7, 11) is 0. The number of hydrogen-bond donors (Lipinski definition) is 3. The number of piperidine rings is 1. The average Bonchev–Trinajstić information content (AvgIpc) is 3.22. The second kappa shape index (κ2) is 6.67. The fourth-order valence-electron chi connectivity index (χ4n) is 5.40. The zero-order valence-corrected chi connectivity index (χ0v) is 15.9. The number of fused-ring (bicyclic) bond motifs is 1. The van der Waals surface area contributed by atoms with E-state index in [9.17, 15) is 14.4 Å². The van der Waals surface area contributed by atoms with Crippen LogP contribution in [-0.4, -0.2) is 47.8 Å². The maximum Gasteiger partial charge on any atom is 0.255 e. The number of carbonyl (C=O) groups excluding carboxylic acids is 3. The molecule has 3 amide bonds. The second-order valence-electron chi connectivity index (χ2n) is 8.64. The van der Waals surface area contributed by atoms with Gasteiger partial charge in [0.05, 0.1) is 0 Å². The molecule has 2 atom stereocenters. The Morgan fingerprint density at radius 1 is 1.18 bits per heavy atom. The Kier molecular flexibility index (Phi) is 4.25. The zero-order chi connectivity index (χ0) is 19.3. The van der Waals surface area contributed by atoms with Crippen molar-refractivity contribution in [3.05, 3.63) is 34.9 Å². The number of hydrogen-bond acceptors (Lipinski definition) is 5. The van der Waals surface area contributed by atoms with Crippen molar-refractivity contribution in [2.45, 2.75) is 57.3 Å². The highest BCUT2D eigenvalue weighted by Crippen LogP contribution is 2.41. The van der Waals surface area contributed by atoms with E-state index in [4.69, 9.17) is 0 Å². The molecule has 1 spiro atoms. The third kappa shape index (κ3) is 2.76. The van der Waals surface area contributed by atoms with Gasteiger partial charge in [-0.3, -0.25) is 19.7 Å². The van der Waals surface area contributed by atoms with E-state index < -0.39 is 6.04 Å². The third-order valence-corrected chi connectivity index (χ3v) is 7.04. The lowest BCUT2D eigenvalue weighted by Gasteiger charge is -2.44. The molecule has 0 bridgehead atoms.